The van der Waals surface area contributed by atoms with Crippen molar-refractivity contribution in [3.8, 4) is 0 Å². The number of anilines is 3. The van der Waals surface area contributed by atoms with E-state index in [1.54, 1.807) is 18.6 Å². The molecule has 7 heteroatoms. The zero-order valence-corrected chi connectivity index (χ0v) is 13.6. The maximum absolute atomic E-state index is 13.9. The van der Waals surface area contributed by atoms with Gasteiger partial charge in [-0.05, 0) is 25.0 Å². The van der Waals surface area contributed by atoms with Crippen LogP contribution in [0.3, 0.4) is 0 Å². The first-order chi connectivity index (χ1) is 11.8. The Morgan fingerprint density at radius 1 is 0.792 bits per heavy atom. The number of hydrogen-bond acceptors (Lipinski definition) is 6. The lowest BCUT2D eigenvalue weighted by atomic mass is 10.3. The normalized spacial score (nSPS) is 18.3. The minimum Gasteiger partial charge on any atom is -0.356 e. The molecule has 0 radical (unpaired) electrons. The van der Waals surface area contributed by atoms with E-state index in [4.69, 9.17) is 0 Å². The minimum atomic E-state index is -0.260. The lowest BCUT2D eigenvalue weighted by Gasteiger charge is -2.36. The fourth-order valence-corrected chi connectivity index (χ4v) is 3.39. The maximum atomic E-state index is 13.9. The Morgan fingerprint density at radius 2 is 1.42 bits per heavy atom. The van der Waals surface area contributed by atoms with Gasteiger partial charge in [0.1, 0.15) is 18.0 Å². The van der Waals surface area contributed by atoms with Crippen molar-refractivity contribution >= 4 is 17.5 Å². The molecule has 2 fully saturated rings. The first-order valence-electron chi connectivity index (χ1n) is 8.49. The van der Waals surface area contributed by atoms with E-state index in [9.17, 15) is 4.39 Å². The average molecular weight is 328 g/mol. The predicted molar refractivity (Wildman–Crippen MR) is 92.1 cm³/mol. The van der Waals surface area contributed by atoms with Crippen LogP contribution in [0.5, 0.6) is 0 Å². The van der Waals surface area contributed by atoms with Crippen LogP contribution < -0.4 is 14.7 Å². The number of rotatable bonds is 3. The third-order valence-electron chi connectivity index (χ3n) is 4.71. The molecule has 0 spiro atoms. The van der Waals surface area contributed by atoms with Gasteiger partial charge in [0.25, 0.3) is 0 Å². The highest BCUT2D eigenvalue weighted by molar-refractivity contribution is 5.52. The van der Waals surface area contributed by atoms with Gasteiger partial charge >= 0.3 is 0 Å². The largest absolute Gasteiger partial charge is 0.356 e. The van der Waals surface area contributed by atoms with Gasteiger partial charge in [0.05, 0.1) is 0 Å². The van der Waals surface area contributed by atoms with Crippen LogP contribution >= 0.6 is 0 Å². The molecule has 0 atom stereocenters. The van der Waals surface area contributed by atoms with Crippen LogP contribution in [-0.2, 0) is 0 Å². The van der Waals surface area contributed by atoms with Crippen molar-refractivity contribution in [3.63, 3.8) is 0 Å². The van der Waals surface area contributed by atoms with Crippen LogP contribution in [0.15, 0.2) is 30.7 Å². The van der Waals surface area contributed by atoms with E-state index in [1.165, 1.54) is 18.9 Å². The summed E-state index contributed by atoms with van der Waals surface area (Å²) in [4.78, 5) is 19.5. The van der Waals surface area contributed by atoms with Gasteiger partial charge in [-0.25, -0.2) is 19.3 Å². The number of hydrogen-bond donors (Lipinski definition) is 0. The summed E-state index contributed by atoms with van der Waals surface area (Å²) >= 11 is 0. The van der Waals surface area contributed by atoms with E-state index in [2.05, 4.69) is 30.8 Å². The molecule has 0 aliphatic carbocycles. The van der Waals surface area contributed by atoms with Gasteiger partial charge in [0.2, 0.25) is 0 Å². The van der Waals surface area contributed by atoms with Crippen molar-refractivity contribution in [2.24, 2.45) is 0 Å². The number of piperazine rings is 1. The molecule has 0 unspecified atom stereocenters. The van der Waals surface area contributed by atoms with Gasteiger partial charge in [-0.3, -0.25) is 0 Å². The summed E-state index contributed by atoms with van der Waals surface area (Å²) in [6.07, 6.45) is 5.74. The molecule has 2 aliphatic rings. The van der Waals surface area contributed by atoms with Crippen LogP contribution in [0.25, 0.3) is 0 Å². The molecule has 2 aromatic heterocycles. The van der Waals surface area contributed by atoms with E-state index in [1.807, 2.05) is 4.90 Å². The third-order valence-corrected chi connectivity index (χ3v) is 4.71. The summed E-state index contributed by atoms with van der Waals surface area (Å²) < 4.78 is 13.9. The van der Waals surface area contributed by atoms with Gasteiger partial charge < -0.3 is 14.7 Å². The molecule has 126 valence electrons. The molecular formula is C17H21FN6. The third kappa shape index (κ3) is 2.98. The molecule has 0 bridgehead atoms. The molecule has 0 N–H and O–H groups in total. The Balaban J connectivity index is 1.44. The summed E-state index contributed by atoms with van der Waals surface area (Å²) in [6, 6.07) is 5.15. The number of halogens is 1. The summed E-state index contributed by atoms with van der Waals surface area (Å²) in [5.74, 6) is 2.14. The molecule has 0 amide bonds. The number of aromatic nitrogens is 3. The monoisotopic (exact) mass is 328 g/mol. The molecule has 6 nitrogen and oxygen atoms in total. The van der Waals surface area contributed by atoms with Crippen molar-refractivity contribution in [1.29, 1.82) is 0 Å². The fourth-order valence-electron chi connectivity index (χ4n) is 3.39. The van der Waals surface area contributed by atoms with Gasteiger partial charge in [-0.1, -0.05) is 0 Å². The van der Waals surface area contributed by atoms with Crippen molar-refractivity contribution in [2.75, 3.05) is 54.0 Å². The Hall–Kier alpha value is -2.44. The van der Waals surface area contributed by atoms with Crippen LogP contribution in [-0.4, -0.2) is 54.2 Å². The topological polar surface area (TPSA) is 48.4 Å². The van der Waals surface area contributed by atoms with Crippen molar-refractivity contribution in [2.45, 2.75) is 12.8 Å². The van der Waals surface area contributed by atoms with Crippen LogP contribution in [0.1, 0.15) is 12.8 Å². The van der Waals surface area contributed by atoms with E-state index in [-0.39, 0.29) is 5.82 Å². The van der Waals surface area contributed by atoms with Crippen LogP contribution in [0.4, 0.5) is 21.8 Å². The van der Waals surface area contributed by atoms with E-state index >= 15 is 0 Å². The number of nitrogens with zero attached hydrogens (tertiary/aromatic N) is 6. The van der Waals surface area contributed by atoms with Gasteiger partial charge in [0, 0.05) is 51.5 Å². The van der Waals surface area contributed by atoms with Crippen LogP contribution in [0.2, 0.25) is 0 Å². The predicted octanol–water partition coefficient (Wildman–Crippen LogP) is 1.94. The molecule has 2 aliphatic heterocycles. The van der Waals surface area contributed by atoms with Crippen molar-refractivity contribution in [3.05, 3.63) is 36.5 Å². The Labute approximate surface area is 141 Å². The quantitative estimate of drug-likeness (QED) is 0.858. The zero-order chi connectivity index (χ0) is 16.4. The Morgan fingerprint density at radius 3 is 2.08 bits per heavy atom. The summed E-state index contributed by atoms with van der Waals surface area (Å²) in [5, 5.41) is 0. The second-order valence-electron chi connectivity index (χ2n) is 6.21. The maximum Gasteiger partial charge on any atom is 0.165 e. The zero-order valence-electron chi connectivity index (χ0n) is 13.6. The van der Waals surface area contributed by atoms with E-state index < -0.39 is 0 Å². The summed E-state index contributed by atoms with van der Waals surface area (Å²) in [7, 11) is 0. The molecule has 0 aromatic carbocycles. The lowest BCUT2D eigenvalue weighted by Crippen LogP contribution is -2.47. The second-order valence-corrected chi connectivity index (χ2v) is 6.21. The van der Waals surface area contributed by atoms with Gasteiger partial charge in [0.15, 0.2) is 11.6 Å². The molecule has 2 saturated heterocycles. The molecule has 2 aromatic rings. The smallest absolute Gasteiger partial charge is 0.165 e. The van der Waals surface area contributed by atoms with E-state index in [0.717, 1.165) is 50.9 Å². The molecule has 24 heavy (non-hydrogen) atoms. The molecule has 4 heterocycles. The SMILES string of the molecule is Fc1cccnc1N1CCN(c2cc(N3CCCC3)ncn2)CC1. The molecular weight excluding hydrogens is 307 g/mol. The van der Waals surface area contributed by atoms with Crippen molar-refractivity contribution < 1.29 is 4.39 Å². The lowest BCUT2D eigenvalue weighted by molar-refractivity contribution is 0.587. The highest BCUT2D eigenvalue weighted by atomic mass is 19.1. The first kappa shape index (κ1) is 15.1. The Bertz CT molecular complexity index is 695. The number of pyridine rings is 1. The fraction of sp³-hybridized carbons (Fsp3) is 0.471. The Kier molecular flexibility index (Phi) is 4.15. The standard InChI is InChI=1S/C17H21FN6/c18-14-4-3-5-19-17(14)24-10-8-23(9-11-24)16-12-15(20-13-21-16)22-6-1-2-7-22/h3-5,12-13H,1-2,6-11H2. The second kappa shape index (κ2) is 6.59. The molecule has 0 saturated carbocycles. The molecule has 4 rings (SSSR count). The summed E-state index contributed by atoms with van der Waals surface area (Å²) in [6.45, 7) is 5.21. The van der Waals surface area contributed by atoms with E-state index in [0.29, 0.717) is 5.82 Å². The van der Waals surface area contributed by atoms with Crippen LogP contribution in [0, 0.1) is 5.82 Å². The van der Waals surface area contributed by atoms with Gasteiger partial charge in [-0.15, -0.1) is 0 Å². The average Bonchev–Trinajstić information content (AvgIpc) is 3.17. The summed E-state index contributed by atoms with van der Waals surface area (Å²) in [5.41, 5.74) is 0. The first-order valence-corrected chi connectivity index (χ1v) is 8.49. The van der Waals surface area contributed by atoms with Crippen molar-refractivity contribution in [1.82, 2.24) is 15.0 Å². The van der Waals surface area contributed by atoms with Gasteiger partial charge in [-0.2, -0.15) is 0 Å². The minimum absolute atomic E-state index is 0.260. The highest BCUT2D eigenvalue weighted by Crippen LogP contribution is 2.23. The highest BCUT2D eigenvalue weighted by Gasteiger charge is 2.22.